The zero-order valence-electron chi connectivity index (χ0n) is 45.3. The molecule has 7 heterocycles. The molecule has 0 aliphatic carbocycles. The number of aromatic nitrogens is 4. The number of aliphatic hydroxyl groups is 2. The van der Waals surface area contributed by atoms with E-state index in [1.54, 1.807) is 34.0 Å². The Bertz CT molecular complexity index is 3270. The molecule has 9 aromatic rings. The van der Waals surface area contributed by atoms with Crippen LogP contribution in [0.25, 0.3) is 83.0 Å². The summed E-state index contributed by atoms with van der Waals surface area (Å²) in [7, 11) is 0. The molecule has 0 atom stereocenters. The second-order valence-corrected chi connectivity index (χ2v) is 23.4. The van der Waals surface area contributed by atoms with Gasteiger partial charge in [-0.3, -0.25) is 19.6 Å². The number of ketones is 2. The number of benzene rings is 2. The van der Waals surface area contributed by atoms with Gasteiger partial charge in [-0.05, 0) is 74.9 Å². The third-order valence-electron chi connectivity index (χ3n) is 16.4. The molecule has 0 spiro atoms. The maximum atomic E-state index is 12.2. The molecular weight excluding hydrogens is 1350 g/mol. The molecule has 13 heteroatoms. The molecule has 2 aromatic carbocycles. The monoisotopic (exact) mass is 1420 g/mol. The second-order valence-electron chi connectivity index (χ2n) is 20.2. The van der Waals surface area contributed by atoms with Gasteiger partial charge in [0.15, 0.2) is 11.6 Å². The molecule has 0 amide bonds. The summed E-state index contributed by atoms with van der Waals surface area (Å²) < 4.78 is 7.22. The van der Waals surface area contributed by atoms with E-state index in [2.05, 4.69) is 58.5 Å². The smallest absolute Gasteiger partial charge is 0.164 e. The van der Waals surface area contributed by atoms with Gasteiger partial charge in [-0.2, -0.15) is 0 Å². The van der Waals surface area contributed by atoms with Crippen LogP contribution in [0.15, 0.2) is 109 Å². The molecule has 75 heavy (non-hydrogen) atoms. The normalized spacial score (nSPS) is 12.6. The molecule has 9 rings (SSSR count). The molecule has 7 aromatic heterocycles. The van der Waals surface area contributed by atoms with Gasteiger partial charge in [0.05, 0.1) is 0 Å². The molecule has 2 N–H and O–H groups in total. The molecule has 0 aliphatic rings. The quantitative estimate of drug-likeness (QED) is 0.0557. The largest absolute Gasteiger partial charge is 0.512 e. The van der Waals surface area contributed by atoms with Gasteiger partial charge in [0.2, 0.25) is 0 Å². The van der Waals surface area contributed by atoms with Crippen LogP contribution in [0, 0.1) is 33.8 Å². The Balaban J connectivity index is 0.000000245. The summed E-state index contributed by atoms with van der Waals surface area (Å²) in [5.41, 5.74) is 2.71. The summed E-state index contributed by atoms with van der Waals surface area (Å²) in [5.74, 6) is 0.572. The molecule has 0 aliphatic heterocycles. The van der Waals surface area contributed by atoms with E-state index in [0.717, 1.165) is 95.4 Å². The van der Waals surface area contributed by atoms with Crippen LogP contribution in [0.2, 0.25) is 0 Å². The minimum absolute atomic E-state index is 0. The fourth-order valence-electron chi connectivity index (χ4n) is 8.76. The minimum Gasteiger partial charge on any atom is -0.512 e. The SMILES string of the molecule is CCC(C)(CC)C(=O)/C=C(\O)C(C)(CC)CC.CCC(C)(CC)C(=O)/C=C(\O)C(C)(CC)CC.[Pt].[Pt].[c-]1ccc2c(sc3c(-c4cc5sc6ccncc6c5cn4)[c-]ccc32)c1-c1cc2sc3ccncc3c2cn1. The molecule has 0 unspecified atom stereocenters. The third-order valence-corrected chi connectivity index (χ3v) is 19.9. The maximum absolute atomic E-state index is 12.2. The van der Waals surface area contributed by atoms with Crippen molar-refractivity contribution >= 4 is 106 Å². The van der Waals surface area contributed by atoms with Crippen molar-refractivity contribution in [3.05, 3.63) is 122 Å². The topological polar surface area (TPSA) is 126 Å². The molecule has 0 fully saturated rings. The number of rotatable bonds is 16. The fourth-order valence-corrected chi connectivity index (χ4v) is 12.2. The van der Waals surface area contributed by atoms with E-state index in [4.69, 9.17) is 9.97 Å². The predicted molar refractivity (Wildman–Crippen MR) is 311 cm³/mol. The standard InChI is InChI=1S/C32H14N4S3.2C15H28O2.2Pt/c1-3-17-18-4-2-6-20(26-12-30-24(16-36-26)22-14-34-10-8-28(22)38-30)32(18)39-31(17)19(5-1)25-11-29-23(15-35-25)21-13-33-9-7-27(21)37-29;2*1-7-14(5,8-2)12(16)11-13(17)15(6,9-3)10-4;;/h1-4,7-16H;2*11,16H,7-10H2,1-6H3;;/q-2;;;;/b;2*12-11-;;. The Hall–Kier alpha value is -4.50. The average Bonchev–Trinajstić information content (AvgIpc) is 4.13. The van der Waals surface area contributed by atoms with E-state index in [1.165, 1.54) is 51.1 Å². The van der Waals surface area contributed by atoms with Crippen molar-refractivity contribution in [2.75, 3.05) is 0 Å². The molecule has 0 radical (unpaired) electrons. The number of aliphatic hydroxyl groups excluding tert-OH is 2. The van der Waals surface area contributed by atoms with Crippen molar-refractivity contribution in [3.63, 3.8) is 0 Å². The third kappa shape index (κ3) is 12.4. The minimum atomic E-state index is -0.337. The van der Waals surface area contributed by atoms with Crippen molar-refractivity contribution in [3.8, 4) is 22.5 Å². The Morgan fingerprint density at radius 2 is 0.813 bits per heavy atom. The van der Waals surface area contributed by atoms with Gasteiger partial charge in [-0.15, -0.1) is 81.0 Å². The Morgan fingerprint density at radius 1 is 0.480 bits per heavy atom. The van der Waals surface area contributed by atoms with Gasteiger partial charge in [0.25, 0.3) is 0 Å². The fraction of sp³-hybridized carbons (Fsp3) is 0.387. The Kier molecular flexibility index (Phi) is 21.1. The van der Waals surface area contributed by atoms with Crippen molar-refractivity contribution in [2.24, 2.45) is 21.7 Å². The van der Waals surface area contributed by atoms with Crippen molar-refractivity contribution in [1.82, 2.24) is 19.9 Å². The molecule has 0 saturated carbocycles. The van der Waals surface area contributed by atoms with Crippen LogP contribution < -0.4 is 0 Å². The first-order valence-electron chi connectivity index (χ1n) is 25.8. The van der Waals surface area contributed by atoms with Gasteiger partial charge in [-0.1, -0.05) is 105 Å². The van der Waals surface area contributed by atoms with Crippen LogP contribution in [-0.2, 0) is 51.7 Å². The number of pyridine rings is 4. The summed E-state index contributed by atoms with van der Waals surface area (Å²) in [6.07, 6.45) is 21.0. The summed E-state index contributed by atoms with van der Waals surface area (Å²) >= 11 is 5.32. The summed E-state index contributed by atoms with van der Waals surface area (Å²) in [5, 5.41) is 27.3. The Morgan fingerprint density at radius 3 is 1.15 bits per heavy atom. The second kappa shape index (κ2) is 25.8. The number of thiophene rings is 3. The van der Waals surface area contributed by atoms with Crippen LogP contribution in [0.4, 0.5) is 0 Å². The van der Waals surface area contributed by atoms with Crippen LogP contribution in [-0.4, -0.2) is 41.7 Å². The van der Waals surface area contributed by atoms with Gasteiger partial charge < -0.3 is 20.2 Å². The van der Waals surface area contributed by atoms with Gasteiger partial charge >= 0.3 is 0 Å². The number of fused-ring (bicyclic) bond motifs is 9. The molecule has 402 valence electrons. The number of hydrogen-bond acceptors (Lipinski definition) is 11. The molecule has 8 nitrogen and oxygen atoms in total. The zero-order chi connectivity index (χ0) is 52.9. The van der Waals surface area contributed by atoms with Gasteiger partial charge in [0.1, 0.15) is 11.5 Å². The van der Waals surface area contributed by atoms with Crippen molar-refractivity contribution in [1.29, 1.82) is 0 Å². The number of hydrogen-bond donors (Lipinski definition) is 2. The number of nitrogens with zero attached hydrogens (tertiary/aromatic N) is 4. The first kappa shape index (κ1) is 61.4. The molecular formula is C62H70N4O4Pt2S3-2. The maximum Gasteiger partial charge on any atom is 0.164 e. The summed E-state index contributed by atoms with van der Waals surface area (Å²) in [6, 6.07) is 23.8. The van der Waals surface area contributed by atoms with Crippen LogP contribution in [0.1, 0.15) is 134 Å². The summed E-state index contributed by atoms with van der Waals surface area (Å²) in [6.45, 7) is 24.2. The molecule has 0 bridgehead atoms. The number of allylic oxidation sites excluding steroid dienone is 4. The number of carbonyl (C=O) groups is 2. The first-order chi connectivity index (χ1) is 34.9. The van der Waals surface area contributed by atoms with Gasteiger partial charge in [-0.25, -0.2) is 11.3 Å². The average molecular weight is 1420 g/mol. The zero-order valence-corrected chi connectivity index (χ0v) is 52.2. The molecule has 0 saturated heterocycles. The Labute approximate surface area is 484 Å². The van der Waals surface area contributed by atoms with E-state index < -0.39 is 0 Å². The van der Waals surface area contributed by atoms with Crippen LogP contribution >= 0.6 is 34.0 Å². The van der Waals surface area contributed by atoms with E-state index in [-0.39, 0.29) is 86.9 Å². The van der Waals surface area contributed by atoms with Gasteiger partial charge in [0, 0.05) is 153 Å². The van der Waals surface area contributed by atoms with Crippen molar-refractivity contribution in [2.45, 2.75) is 134 Å². The van der Waals surface area contributed by atoms with E-state index >= 15 is 0 Å². The van der Waals surface area contributed by atoms with Crippen molar-refractivity contribution < 1.29 is 61.9 Å². The predicted octanol–water partition coefficient (Wildman–Crippen LogP) is 18.6. The van der Waals surface area contributed by atoms with E-state index in [9.17, 15) is 19.8 Å². The van der Waals surface area contributed by atoms with Crippen LogP contribution in [0.5, 0.6) is 0 Å². The number of carbonyl (C=O) groups excluding carboxylic acids is 2. The van der Waals surface area contributed by atoms with E-state index in [0.29, 0.717) is 0 Å². The first-order valence-corrected chi connectivity index (χ1v) is 28.3. The van der Waals surface area contributed by atoms with E-state index in [1.807, 2.05) is 132 Å². The summed E-state index contributed by atoms with van der Waals surface area (Å²) in [4.78, 5) is 42.7. The van der Waals surface area contributed by atoms with Crippen LogP contribution in [0.3, 0.4) is 0 Å².